The van der Waals surface area contributed by atoms with Crippen LogP contribution >= 0.6 is 0 Å². The van der Waals surface area contributed by atoms with E-state index in [1.54, 1.807) is 0 Å². The van der Waals surface area contributed by atoms with Crippen LogP contribution in [0.5, 0.6) is 0 Å². The lowest BCUT2D eigenvalue weighted by Gasteiger charge is -2.40. The summed E-state index contributed by atoms with van der Waals surface area (Å²) >= 11 is 0. The highest BCUT2D eigenvalue weighted by molar-refractivity contribution is 4.84. The van der Waals surface area contributed by atoms with Gasteiger partial charge in [0.05, 0.1) is 0 Å². The van der Waals surface area contributed by atoms with Crippen LogP contribution in [0, 0.1) is 5.92 Å². The third-order valence-electron chi connectivity index (χ3n) is 4.34. The van der Waals surface area contributed by atoms with Crippen molar-refractivity contribution in [1.29, 1.82) is 0 Å². The minimum atomic E-state index is 0.653. The van der Waals surface area contributed by atoms with Gasteiger partial charge in [0.1, 0.15) is 0 Å². The molecule has 18 heavy (non-hydrogen) atoms. The molecule has 0 aromatic heterocycles. The Morgan fingerprint density at radius 3 is 2.28 bits per heavy atom. The van der Waals surface area contributed by atoms with Crippen LogP contribution in [0.15, 0.2) is 0 Å². The highest BCUT2D eigenvalue weighted by atomic mass is 15.2. The van der Waals surface area contributed by atoms with Crippen molar-refractivity contribution in [3.05, 3.63) is 0 Å². The van der Waals surface area contributed by atoms with E-state index in [1.807, 2.05) is 0 Å². The Morgan fingerprint density at radius 1 is 1.22 bits per heavy atom. The van der Waals surface area contributed by atoms with E-state index in [-0.39, 0.29) is 0 Å². The van der Waals surface area contributed by atoms with Gasteiger partial charge in [-0.1, -0.05) is 13.8 Å². The van der Waals surface area contributed by atoms with Gasteiger partial charge >= 0.3 is 0 Å². The third-order valence-corrected chi connectivity index (χ3v) is 4.34. The zero-order chi connectivity index (χ0) is 13.5. The van der Waals surface area contributed by atoms with E-state index in [0.717, 1.165) is 12.5 Å². The van der Waals surface area contributed by atoms with Crippen LogP contribution in [0.2, 0.25) is 0 Å². The summed E-state index contributed by atoms with van der Waals surface area (Å²) in [6, 6.07) is 1.33. The van der Waals surface area contributed by atoms with E-state index in [2.05, 4.69) is 50.0 Å². The van der Waals surface area contributed by atoms with E-state index in [1.165, 1.54) is 38.9 Å². The molecule has 1 aliphatic rings. The van der Waals surface area contributed by atoms with Crippen LogP contribution in [0.4, 0.5) is 0 Å². The molecule has 3 heteroatoms. The smallest absolute Gasteiger partial charge is 0.0220 e. The zero-order valence-electron chi connectivity index (χ0n) is 13.1. The summed E-state index contributed by atoms with van der Waals surface area (Å²) in [6.07, 6.45) is 3.96. The van der Waals surface area contributed by atoms with Gasteiger partial charge < -0.3 is 10.2 Å². The van der Waals surface area contributed by atoms with Crippen LogP contribution in [0.25, 0.3) is 0 Å². The largest absolute Gasteiger partial charge is 0.313 e. The van der Waals surface area contributed by atoms with Crippen molar-refractivity contribution in [2.24, 2.45) is 5.92 Å². The molecular weight excluding hydrogens is 222 g/mol. The number of nitrogens with zero attached hydrogens (tertiary/aromatic N) is 2. The van der Waals surface area contributed by atoms with Gasteiger partial charge in [-0.2, -0.15) is 0 Å². The van der Waals surface area contributed by atoms with Gasteiger partial charge in [0, 0.05) is 18.6 Å². The van der Waals surface area contributed by atoms with E-state index in [0.29, 0.717) is 12.1 Å². The number of likely N-dealkylation sites (tertiary alicyclic amines) is 1. The molecule has 108 valence electrons. The molecule has 2 unspecified atom stereocenters. The molecule has 0 amide bonds. The van der Waals surface area contributed by atoms with Gasteiger partial charge in [-0.05, 0) is 65.8 Å². The molecule has 1 aliphatic heterocycles. The van der Waals surface area contributed by atoms with Gasteiger partial charge in [0.15, 0.2) is 0 Å². The lowest BCUT2D eigenvalue weighted by molar-refractivity contribution is 0.105. The molecular formula is C15H33N3. The first-order valence-electron chi connectivity index (χ1n) is 7.70. The van der Waals surface area contributed by atoms with Gasteiger partial charge in [-0.3, -0.25) is 4.90 Å². The SMILES string of the molecule is CCNC(CC)C(C)N1CCC(CN(C)C)CC1. The topological polar surface area (TPSA) is 18.5 Å². The summed E-state index contributed by atoms with van der Waals surface area (Å²) in [7, 11) is 4.38. The highest BCUT2D eigenvalue weighted by Gasteiger charge is 2.26. The lowest BCUT2D eigenvalue weighted by atomic mass is 9.94. The second-order valence-corrected chi connectivity index (χ2v) is 6.05. The van der Waals surface area contributed by atoms with Gasteiger partial charge in [-0.25, -0.2) is 0 Å². The summed E-state index contributed by atoms with van der Waals surface area (Å²) in [6.45, 7) is 11.8. The Balaban J connectivity index is 2.36. The number of hydrogen-bond donors (Lipinski definition) is 1. The predicted molar refractivity (Wildman–Crippen MR) is 80.1 cm³/mol. The van der Waals surface area contributed by atoms with Crippen molar-refractivity contribution in [3.8, 4) is 0 Å². The van der Waals surface area contributed by atoms with Crippen LogP contribution < -0.4 is 5.32 Å². The van der Waals surface area contributed by atoms with Crippen molar-refractivity contribution < 1.29 is 0 Å². The maximum atomic E-state index is 3.62. The van der Waals surface area contributed by atoms with Crippen molar-refractivity contribution in [1.82, 2.24) is 15.1 Å². The van der Waals surface area contributed by atoms with Crippen molar-refractivity contribution in [2.75, 3.05) is 40.3 Å². The molecule has 1 heterocycles. The second-order valence-electron chi connectivity index (χ2n) is 6.05. The third kappa shape index (κ3) is 4.87. The van der Waals surface area contributed by atoms with Crippen LogP contribution in [-0.4, -0.2) is 62.2 Å². The molecule has 0 bridgehead atoms. The predicted octanol–water partition coefficient (Wildman–Crippen LogP) is 2.04. The summed E-state index contributed by atoms with van der Waals surface area (Å²) in [4.78, 5) is 5.01. The first-order chi connectivity index (χ1) is 8.58. The van der Waals surface area contributed by atoms with E-state index in [9.17, 15) is 0 Å². The van der Waals surface area contributed by atoms with E-state index in [4.69, 9.17) is 0 Å². The van der Waals surface area contributed by atoms with Crippen LogP contribution in [-0.2, 0) is 0 Å². The molecule has 1 rings (SSSR count). The Kier molecular flexibility index (Phi) is 7.20. The van der Waals surface area contributed by atoms with Crippen molar-refractivity contribution in [2.45, 2.75) is 52.1 Å². The Bertz CT molecular complexity index is 210. The summed E-state index contributed by atoms with van der Waals surface area (Å²) < 4.78 is 0. The normalized spacial score (nSPS) is 22.3. The Labute approximate surface area is 114 Å². The maximum Gasteiger partial charge on any atom is 0.0220 e. The maximum absolute atomic E-state index is 3.62. The molecule has 0 spiro atoms. The first kappa shape index (κ1) is 15.9. The number of likely N-dealkylation sites (N-methyl/N-ethyl adjacent to an activating group) is 1. The molecule has 1 fully saturated rings. The Hall–Kier alpha value is -0.120. The fraction of sp³-hybridized carbons (Fsp3) is 1.00. The first-order valence-corrected chi connectivity index (χ1v) is 7.70. The van der Waals surface area contributed by atoms with Crippen molar-refractivity contribution in [3.63, 3.8) is 0 Å². The molecule has 3 nitrogen and oxygen atoms in total. The number of nitrogens with one attached hydrogen (secondary N) is 1. The standard InChI is InChI=1S/C15H33N3/c1-6-15(16-7-2)13(3)18-10-8-14(9-11-18)12-17(4)5/h13-16H,6-12H2,1-5H3. The number of piperidine rings is 1. The fourth-order valence-corrected chi connectivity index (χ4v) is 3.23. The number of rotatable bonds is 7. The van der Waals surface area contributed by atoms with Crippen LogP contribution in [0.3, 0.4) is 0 Å². The van der Waals surface area contributed by atoms with E-state index < -0.39 is 0 Å². The minimum Gasteiger partial charge on any atom is -0.313 e. The van der Waals surface area contributed by atoms with Crippen molar-refractivity contribution >= 4 is 0 Å². The summed E-state index contributed by atoms with van der Waals surface area (Å²) in [5.74, 6) is 0.905. The lowest BCUT2D eigenvalue weighted by Crippen LogP contribution is -2.51. The van der Waals surface area contributed by atoms with Gasteiger partial charge in [-0.15, -0.1) is 0 Å². The molecule has 0 aliphatic carbocycles. The number of hydrogen-bond acceptors (Lipinski definition) is 3. The van der Waals surface area contributed by atoms with Gasteiger partial charge in [0.2, 0.25) is 0 Å². The average molecular weight is 255 g/mol. The molecule has 0 aromatic carbocycles. The molecule has 0 saturated carbocycles. The molecule has 0 radical (unpaired) electrons. The average Bonchev–Trinajstić information content (AvgIpc) is 2.35. The van der Waals surface area contributed by atoms with Crippen LogP contribution in [0.1, 0.15) is 40.0 Å². The summed E-state index contributed by atoms with van der Waals surface area (Å²) in [5.41, 5.74) is 0. The zero-order valence-corrected chi connectivity index (χ0v) is 13.1. The fourth-order valence-electron chi connectivity index (χ4n) is 3.23. The Morgan fingerprint density at radius 2 is 1.83 bits per heavy atom. The van der Waals surface area contributed by atoms with E-state index >= 15 is 0 Å². The summed E-state index contributed by atoms with van der Waals surface area (Å²) in [5, 5.41) is 3.62. The monoisotopic (exact) mass is 255 g/mol. The van der Waals surface area contributed by atoms with Gasteiger partial charge in [0.25, 0.3) is 0 Å². The molecule has 1 N–H and O–H groups in total. The molecule has 2 atom stereocenters. The molecule has 1 saturated heterocycles. The highest BCUT2D eigenvalue weighted by Crippen LogP contribution is 2.21. The quantitative estimate of drug-likeness (QED) is 0.751. The minimum absolute atomic E-state index is 0.653. The molecule has 0 aromatic rings. The second kappa shape index (κ2) is 8.13.